The molecular weight excluding hydrogens is 268 g/mol. The lowest BCUT2D eigenvalue weighted by molar-refractivity contribution is 0.251. The number of aryl methyl sites for hydroxylation is 1. The Morgan fingerprint density at radius 3 is 2.45 bits per heavy atom. The summed E-state index contributed by atoms with van der Waals surface area (Å²) < 4.78 is 0. The number of hydrogen-bond acceptors (Lipinski definition) is 4. The lowest BCUT2D eigenvalue weighted by atomic mass is 10.2. The average Bonchev–Trinajstić information content (AvgIpc) is 2.86. The minimum absolute atomic E-state index is 0.384. The molecule has 0 aliphatic carbocycles. The second kappa shape index (κ2) is 5.85. The van der Waals surface area contributed by atoms with E-state index in [0.29, 0.717) is 5.75 Å². The third-order valence-electron chi connectivity index (χ3n) is 3.77. The molecule has 1 aromatic carbocycles. The van der Waals surface area contributed by atoms with Crippen molar-refractivity contribution >= 4 is 17.0 Å². The minimum atomic E-state index is 0.384. The maximum absolute atomic E-state index is 9.91. The van der Waals surface area contributed by atoms with Crippen LogP contribution < -0.4 is 4.90 Å². The zero-order chi connectivity index (χ0) is 13.9. The van der Waals surface area contributed by atoms with Crippen LogP contribution in [-0.2, 0) is 6.54 Å². The molecule has 0 unspecified atom stereocenters. The minimum Gasteiger partial charge on any atom is -0.506 e. The van der Waals surface area contributed by atoms with Crippen molar-refractivity contribution in [2.45, 2.75) is 13.5 Å². The average molecular weight is 288 g/mol. The van der Waals surface area contributed by atoms with Gasteiger partial charge in [-0.25, -0.2) is 0 Å². The van der Waals surface area contributed by atoms with Crippen molar-refractivity contribution in [2.24, 2.45) is 0 Å². The van der Waals surface area contributed by atoms with Crippen molar-refractivity contribution in [1.29, 1.82) is 0 Å². The molecule has 3 nitrogen and oxygen atoms in total. The van der Waals surface area contributed by atoms with E-state index in [-0.39, 0.29) is 0 Å². The zero-order valence-electron chi connectivity index (χ0n) is 11.7. The van der Waals surface area contributed by atoms with Crippen LogP contribution in [0.15, 0.2) is 36.4 Å². The molecule has 2 heterocycles. The van der Waals surface area contributed by atoms with Crippen LogP contribution in [-0.4, -0.2) is 36.2 Å². The highest BCUT2D eigenvalue weighted by Crippen LogP contribution is 2.27. The Morgan fingerprint density at radius 2 is 1.80 bits per heavy atom. The van der Waals surface area contributed by atoms with Crippen molar-refractivity contribution in [1.82, 2.24) is 4.90 Å². The number of aromatic hydroxyl groups is 1. The topological polar surface area (TPSA) is 26.7 Å². The second-order valence-electron chi connectivity index (χ2n) is 5.26. The fourth-order valence-electron chi connectivity index (χ4n) is 2.67. The van der Waals surface area contributed by atoms with Gasteiger partial charge < -0.3 is 10.0 Å². The SMILES string of the molecule is Cc1ccc(CN2CCN(c3ccccc3O)CC2)s1. The molecule has 0 spiro atoms. The summed E-state index contributed by atoms with van der Waals surface area (Å²) in [4.78, 5) is 7.58. The number of nitrogens with zero attached hydrogens (tertiary/aromatic N) is 2. The van der Waals surface area contributed by atoms with E-state index in [2.05, 4.69) is 28.9 Å². The normalized spacial score (nSPS) is 16.6. The number of phenolic OH excluding ortho intramolecular Hbond substituents is 1. The lowest BCUT2D eigenvalue weighted by Crippen LogP contribution is -2.45. The maximum Gasteiger partial charge on any atom is 0.138 e. The fraction of sp³-hybridized carbons (Fsp3) is 0.375. The van der Waals surface area contributed by atoms with Crippen LogP contribution in [0.5, 0.6) is 5.75 Å². The molecule has 106 valence electrons. The van der Waals surface area contributed by atoms with E-state index in [9.17, 15) is 5.11 Å². The summed E-state index contributed by atoms with van der Waals surface area (Å²) >= 11 is 1.89. The number of rotatable bonds is 3. The Hall–Kier alpha value is -1.52. The molecule has 2 aromatic rings. The van der Waals surface area contributed by atoms with E-state index in [1.165, 1.54) is 9.75 Å². The number of para-hydroxylation sites is 2. The Bertz CT molecular complexity index is 573. The summed E-state index contributed by atoms with van der Waals surface area (Å²) in [6, 6.07) is 12.0. The van der Waals surface area contributed by atoms with E-state index < -0.39 is 0 Å². The zero-order valence-corrected chi connectivity index (χ0v) is 12.6. The van der Waals surface area contributed by atoms with Gasteiger partial charge in [-0.3, -0.25) is 4.90 Å². The van der Waals surface area contributed by atoms with Crippen LogP contribution in [0.2, 0.25) is 0 Å². The molecule has 20 heavy (non-hydrogen) atoms. The van der Waals surface area contributed by atoms with Gasteiger partial charge in [0, 0.05) is 42.5 Å². The molecule has 1 aliphatic rings. The number of piperazine rings is 1. The van der Waals surface area contributed by atoms with Crippen LogP contribution in [0.4, 0.5) is 5.69 Å². The van der Waals surface area contributed by atoms with Crippen molar-refractivity contribution in [3.8, 4) is 5.75 Å². The summed E-state index contributed by atoms with van der Waals surface area (Å²) in [5.74, 6) is 0.384. The van der Waals surface area contributed by atoms with Crippen LogP contribution in [0.1, 0.15) is 9.75 Å². The molecule has 1 aliphatic heterocycles. The van der Waals surface area contributed by atoms with Crippen molar-refractivity contribution < 1.29 is 5.11 Å². The predicted molar refractivity (Wildman–Crippen MR) is 84.7 cm³/mol. The van der Waals surface area contributed by atoms with Gasteiger partial charge in [-0.2, -0.15) is 0 Å². The quantitative estimate of drug-likeness (QED) is 0.940. The van der Waals surface area contributed by atoms with Crippen molar-refractivity contribution in [2.75, 3.05) is 31.1 Å². The summed E-state index contributed by atoms with van der Waals surface area (Å²) in [6.07, 6.45) is 0. The van der Waals surface area contributed by atoms with E-state index in [1.807, 2.05) is 29.5 Å². The summed E-state index contributed by atoms with van der Waals surface area (Å²) in [5, 5.41) is 9.91. The number of anilines is 1. The Balaban J connectivity index is 1.58. The Labute approximate surface area is 124 Å². The van der Waals surface area contributed by atoms with Gasteiger partial charge in [-0.05, 0) is 31.2 Å². The molecule has 1 fully saturated rings. The monoisotopic (exact) mass is 288 g/mol. The first-order chi connectivity index (χ1) is 9.72. The molecule has 0 atom stereocenters. The third-order valence-corrected chi connectivity index (χ3v) is 4.76. The first-order valence-electron chi connectivity index (χ1n) is 7.03. The lowest BCUT2D eigenvalue weighted by Gasteiger charge is -2.36. The molecule has 4 heteroatoms. The predicted octanol–water partition coefficient (Wildman–Crippen LogP) is 3.08. The number of thiophene rings is 1. The molecule has 0 bridgehead atoms. The summed E-state index contributed by atoms with van der Waals surface area (Å²) in [7, 11) is 0. The molecule has 0 radical (unpaired) electrons. The van der Waals surface area contributed by atoms with Crippen LogP contribution in [0, 0.1) is 6.92 Å². The van der Waals surface area contributed by atoms with E-state index >= 15 is 0 Å². The largest absolute Gasteiger partial charge is 0.506 e. The molecule has 1 N–H and O–H groups in total. The van der Waals surface area contributed by atoms with Gasteiger partial charge in [0.15, 0.2) is 0 Å². The smallest absolute Gasteiger partial charge is 0.138 e. The van der Waals surface area contributed by atoms with E-state index in [0.717, 1.165) is 38.4 Å². The third kappa shape index (κ3) is 2.97. The highest BCUT2D eigenvalue weighted by Gasteiger charge is 2.19. The van der Waals surface area contributed by atoms with Gasteiger partial charge in [0.05, 0.1) is 5.69 Å². The van der Waals surface area contributed by atoms with Gasteiger partial charge in [0.2, 0.25) is 0 Å². The van der Waals surface area contributed by atoms with Gasteiger partial charge >= 0.3 is 0 Å². The van der Waals surface area contributed by atoms with Gasteiger partial charge in [-0.1, -0.05) is 12.1 Å². The standard InChI is InChI=1S/C16H20N2OS/c1-13-6-7-14(20-13)12-17-8-10-18(11-9-17)15-4-2-3-5-16(15)19/h2-7,19H,8-12H2,1H3. The summed E-state index contributed by atoms with van der Waals surface area (Å²) in [5.41, 5.74) is 0.958. The molecule has 1 aromatic heterocycles. The number of benzene rings is 1. The van der Waals surface area contributed by atoms with Gasteiger partial charge in [0.25, 0.3) is 0 Å². The number of hydrogen-bond donors (Lipinski definition) is 1. The molecule has 0 amide bonds. The molecule has 1 saturated heterocycles. The Morgan fingerprint density at radius 1 is 1.05 bits per heavy atom. The summed E-state index contributed by atoms with van der Waals surface area (Å²) in [6.45, 7) is 7.25. The maximum atomic E-state index is 9.91. The van der Waals surface area contributed by atoms with E-state index in [4.69, 9.17) is 0 Å². The molecular formula is C16H20N2OS. The highest BCUT2D eigenvalue weighted by molar-refractivity contribution is 7.11. The number of phenols is 1. The fourth-order valence-corrected chi connectivity index (χ4v) is 3.60. The van der Waals surface area contributed by atoms with E-state index in [1.54, 1.807) is 6.07 Å². The van der Waals surface area contributed by atoms with Crippen LogP contribution in [0.25, 0.3) is 0 Å². The first kappa shape index (κ1) is 13.5. The van der Waals surface area contributed by atoms with Crippen LogP contribution >= 0.6 is 11.3 Å². The highest BCUT2D eigenvalue weighted by atomic mass is 32.1. The van der Waals surface area contributed by atoms with Crippen molar-refractivity contribution in [3.05, 3.63) is 46.2 Å². The van der Waals surface area contributed by atoms with Crippen molar-refractivity contribution in [3.63, 3.8) is 0 Å². The first-order valence-corrected chi connectivity index (χ1v) is 7.84. The second-order valence-corrected chi connectivity index (χ2v) is 6.64. The van der Waals surface area contributed by atoms with Crippen LogP contribution in [0.3, 0.4) is 0 Å². The van der Waals surface area contributed by atoms with Gasteiger partial charge in [-0.15, -0.1) is 11.3 Å². The molecule has 0 saturated carbocycles. The Kier molecular flexibility index (Phi) is 3.94. The van der Waals surface area contributed by atoms with Gasteiger partial charge in [0.1, 0.15) is 5.75 Å². The molecule has 3 rings (SSSR count).